The maximum absolute atomic E-state index is 13.2. The van der Waals surface area contributed by atoms with E-state index in [0.717, 1.165) is 36.6 Å². The van der Waals surface area contributed by atoms with Crippen LogP contribution in [0.2, 0.25) is 5.15 Å². The Morgan fingerprint density at radius 1 is 1.32 bits per heavy atom. The van der Waals surface area contributed by atoms with E-state index in [4.69, 9.17) is 20.0 Å². The Morgan fingerprint density at radius 3 is 2.45 bits per heavy atom. The molecule has 1 fully saturated rings. The van der Waals surface area contributed by atoms with Gasteiger partial charge < -0.3 is 15.2 Å². The van der Waals surface area contributed by atoms with Gasteiger partial charge in [0.05, 0.1) is 11.5 Å². The number of halogens is 6. The maximum Gasteiger partial charge on any atom is 0.391 e. The first-order valence-corrected chi connectivity index (χ1v) is 13.4. The standard InChI is InChI=1S/C24H30ClF5N4O3.O2S/c1-4-17-33-18(21(35)32-12-23(36)7-5-13(2)6-8-23)19(25)34(17)20-16(37-22(26)27)10-15(11-31-20)9-14(3)24(28,29)30;1-3-2/h10-11,13-14,22,36H,4-9,12H2,1-3H3,(H,32,35);/t13?,14-,23?;/m0./s1. The van der Waals surface area contributed by atoms with E-state index in [1.807, 2.05) is 0 Å². The number of aromatic nitrogens is 3. The molecule has 1 amide bonds. The van der Waals surface area contributed by atoms with Crippen molar-refractivity contribution in [2.24, 2.45) is 11.8 Å². The summed E-state index contributed by atoms with van der Waals surface area (Å²) in [6.07, 6.45) is -0.901. The monoisotopic (exact) mass is 616 g/mol. The fraction of sp³-hybridized carbons (Fsp3) is 0.625. The average molecular weight is 617 g/mol. The summed E-state index contributed by atoms with van der Waals surface area (Å²) < 4.78 is 87.6. The Balaban J connectivity index is 0.00000178. The van der Waals surface area contributed by atoms with Gasteiger partial charge in [-0.2, -0.15) is 30.4 Å². The molecular weight excluding hydrogens is 587 g/mol. The highest BCUT2D eigenvalue weighted by Crippen LogP contribution is 2.34. The normalized spacial score (nSPS) is 19.9. The fourth-order valence-electron chi connectivity index (χ4n) is 4.26. The number of aliphatic hydroxyl groups is 1. The molecule has 1 saturated carbocycles. The van der Waals surface area contributed by atoms with Crippen molar-refractivity contribution in [2.45, 2.75) is 77.7 Å². The second-order valence-electron chi connectivity index (χ2n) is 9.70. The van der Waals surface area contributed by atoms with Crippen molar-refractivity contribution in [3.63, 3.8) is 0 Å². The molecule has 224 valence electrons. The smallest absolute Gasteiger partial charge is 0.391 e. The molecule has 0 aromatic carbocycles. The lowest BCUT2D eigenvalue weighted by Gasteiger charge is -2.34. The van der Waals surface area contributed by atoms with Gasteiger partial charge in [0, 0.05) is 19.2 Å². The predicted molar refractivity (Wildman–Crippen MR) is 135 cm³/mol. The van der Waals surface area contributed by atoms with Gasteiger partial charge in [-0.3, -0.25) is 9.36 Å². The van der Waals surface area contributed by atoms with Gasteiger partial charge >= 0.3 is 24.4 Å². The van der Waals surface area contributed by atoms with E-state index in [9.17, 15) is 31.9 Å². The van der Waals surface area contributed by atoms with Gasteiger partial charge in [-0.25, -0.2) is 9.97 Å². The van der Waals surface area contributed by atoms with Crippen molar-refractivity contribution in [3.05, 3.63) is 34.5 Å². The lowest BCUT2D eigenvalue weighted by molar-refractivity contribution is -0.169. The van der Waals surface area contributed by atoms with E-state index in [2.05, 4.69) is 26.9 Å². The third-order valence-corrected chi connectivity index (χ3v) is 6.97. The first kappa shape index (κ1) is 33.6. The van der Waals surface area contributed by atoms with Crippen LogP contribution in [0.5, 0.6) is 5.75 Å². The van der Waals surface area contributed by atoms with Crippen molar-refractivity contribution in [2.75, 3.05) is 6.54 Å². The summed E-state index contributed by atoms with van der Waals surface area (Å²) in [5, 5.41) is 13.2. The van der Waals surface area contributed by atoms with E-state index < -0.39 is 54.0 Å². The number of hydrogen-bond donors (Lipinski definition) is 2. The summed E-state index contributed by atoms with van der Waals surface area (Å²) in [7, 11) is 0. The number of pyridine rings is 1. The second-order valence-corrected chi connectivity index (χ2v) is 10.2. The number of amides is 1. The summed E-state index contributed by atoms with van der Waals surface area (Å²) in [4.78, 5) is 21.2. The highest BCUT2D eigenvalue weighted by atomic mass is 35.5. The van der Waals surface area contributed by atoms with Crippen LogP contribution in [0.4, 0.5) is 22.0 Å². The number of rotatable bonds is 9. The van der Waals surface area contributed by atoms with Crippen LogP contribution in [-0.4, -0.2) is 58.9 Å². The van der Waals surface area contributed by atoms with Crippen LogP contribution in [-0.2, 0) is 24.4 Å². The van der Waals surface area contributed by atoms with E-state index >= 15 is 0 Å². The molecule has 9 nitrogen and oxygen atoms in total. The quantitative estimate of drug-likeness (QED) is 0.387. The molecule has 40 heavy (non-hydrogen) atoms. The molecule has 0 unspecified atom stereocenters. The Bertz CT molecular complexity index is 1200. The molecule has 1 aliphatic carbocycles. The van der Waals surface area contributed by atoms with Crippen LogP contribution in [0, 0.1) is 11.8 Å². The number of imidazole rings is 1. The number of nitrogens with zero attached hydrogens (tertiary/aromatic N) is 3. The van der Waals surface area contributed by atoms with Crippen LogP contribution in [0.15, 0.2) is 12.3 Å². The molecule has 0 saturated heterocycles. The van der Waals surface area contributed by atoms with Crippen molar-refractivity contribution >= 4 is 29.1 Å². The molecule has 2 aromatic heterocycles. The molecule has 1 aliphatic rings. The van der Waals surface area contributed by atoms with Gasteiger partial charge in [-0.15, -0.1) is 0 Å². The summed E-state index contributed by atoms with van der Waals surface area (Å²) in [5.41, 5.74) is -1.22. The molecule has 3 rings (SSSR count). The Labute approximate surface area is 236 Å². The Hall–Kier alpha value is -2.65. The number of carbonyl (C=O) groups is 1. The summed E-state index contributed by atoms with van der Waals surface area (Å²) in [6.45, 7) is 1.47. The molecular formula is C24H30ClF5N4O5S. The molecule has 0 spiro atoms. The van der Waals surface area contributed by atoms with E-state index in [0.29, 0.717) is 18.8 Å². The van der Waals surface area contributed by atoms with Gasteiger partial charge in [0.25, 0.3) is 5.91 Å². The number of alkyl halides is 5. The molecule has 0 bridgehead atoms. The minimum atomic E-state index is -4.48. The van der Waals surface area contributed by atoms with Crippen LogP contribution in [0.25, 0.3) is 5.82 Å². The minimum Gasteiger partial charge on any atom is -0.431 e. The van der Waals surface area contributed by atoms with Gasteiger partial charge in [0.15, 0.2) is 17.3 Å². The molecule has 16 heteroatoms. The molecule has 2 N–H and O–H groups in total. The van der Waals surface area contributed by atoms with Gasteiger partial charge in [-0.05, 0) is 49.7 Å². The van der Waals surface area contributed by atoms with Gasteiger partial charge in [0.2, 0.25) is 0 Å². The summed E-state index contributed by atoms with van der Waals surface area (Å²) in [6, 6.07) is 1.05. The topological polar surface area (TPSA) is 123 Å². The zero-order valence-electron chi connectivity index (χ0n) is 21.9. The molecule has 1 atom stereocenters. The van der Waals surface area contributed by atoms with E-state index in [1.165, 1.54) is 0 Å². The van der Waals surface area contributed by atoms with Crippen molar-refractivity contribution < 1.29 is 45.0 Å². The summed E-state index contributed by atoms with van der Waals surface area (Å²) >= 11 is 5.70. The van der Waals surface area contributed by atoms with E-state index in [-0.39, 0.29) is 41.0 Å². The molecule has 2 aromatic rings. The van der Waals surface area contributed by atoms with Crippen molar-refractivity contribution in [1.82, 2.24) is 19.9 Å². The zero-order valence-corrected chi connectivity index (χ0v) is 23.5. The minimum absolute atomic E-state index is 0.00667. The van der Waals surface area contributed by atoms with Crippen molar-refractivity contribution in [1.29, 1.82) is 0 Å². The largest absolute Gasteiger partial charge is 0.431 e. The van der Waals surface area contributed by atoms with Crippen molar-refractivity contribution in [3.8, 4) is 11.6 Å². The predicted octanol–water partition coefficient (Wildman–Crippen LogP) is 4.83. The first-order chi connectivity index (χ1) is 18.7. The highest BCUT2D eigenvalue weighted by Gasteiger charge is 2.36. The Morgan fingerprint density at radius 2 is 1.93 bits per heavy atom. The number of carbonyl (C=O) groups excluding carboxylic acids is 1. The number of nitrogens with one attached hydrogen (secondary N) is 1. The second kappa shape index (κ2) is 14.3. The Kier molecular flexibility index (Phi) is 12.0. The molecule has 2 heterocycles. The third-order valence-electron chi connectivity index (χ3n) is 6.62. The number of ether oxygens (including phenoxy) is 1. The van der Waals surface area contributed by atoms with Gasteiger partial charge in [-0.1, -0.05) is 32.4 Å². The lowest BCUT2D eigenvalue weighted by Crippen LogP contribution is -2.45. The summed E-state index contributed by atoms with van der Waals surface area (Å²) in [5.74, 6) is -2.46. The van der Waals surface area contributed by atoms with E-state index in [1.54, 1.807) is 6.92 Å². The third kappa shape index (κ3) is 8.93. The highest BCUT2D eigenvalue weighted by molar-refractivity contribution is 7.51. The van der Waals surface area contributed by atoms with Crippen LogP contribution in [0.1, 0.15) is 68.3 Å². The molecule has 0 aliphatic heterocycles. The van der Waals surface area contributed by atoms with Crippen LogP contribution >= 0.6 is 11.6 Å². The number of hydrogen-bond acceptors (Lipinski definition) is 7. The van der Waals surface area contributed by atoms with Crippen LogP contribution in [0.3, 0.4) is 0 Å². The number of aryl methyl sites for hydroxylation is 1. The molecule has 0 radical (unpaired) electrons. The zero-order chi connectivity index (χ0) is 30.3. The average Bonchev–Trinajstić information content (AvgIpc) is 3.20. The maximum atomic E-state index is 13.2. The SMILES string of the molecule is CCc1nc(C(=O)NCC2(O)CCC(C)CC2)c(Cl)n1-c1ncc(C[C@H](C)C(F)(F)F)cc1OC(F)F.O=S=O. The fourth-order valence-corrected chi connectivity index (χ4v) is 4.56. The lowest BCUT2D eigenvalue weighted by atomic mass is 9.79. The van der Waals surface area contributed by atoms with Crippen LogP contribution < -0.4 is 10.1 Å². The first-order valence-electron chi connectivity index (χ1n) is 12.4. The van der Waals surface area contributed by atoms with Gasteiger partial charge in [0.1, 0.15) is 11.0 Å².